The molecule has 1 aliphatic carbocycles. The molecule has 7 nitrogen and oxygen atoms in total. The fourth-order valence-corrected chi connectivity index (χ4v) is 8.09. The van der Waals surface area contributed by atoms with Crippen LogP contribution in [0.1, 0.15) is 68.6 Å². The molecule has 1 unspecified atom stereocenters. The van der Waals surface area contributed by atoms with Crippen LogP contribution in [0.15, 0.2) is 119 Å². The predicted molar refractivity (Wildman–Crippen MR) is 195 cm³/mol. The van der Waals surface area contributed by atoms with Crippen LogP contribution in [0.5, 0.6) is 0 Å². The monoisotopic (exact) mass is 729 g/mol. The van der Waals surface area contributed by atoms with E-state index in [2.05, 4.69) is 35.1 Å². The third-order valence-electron chi connectivity index (χ3n) is 8.92. The van der Waals surface area contributed by atoms with Crippen LogP contribution in [-0.4, -0.2) is 43.8 Å². The quantitative estimate of drug-likeness (QED) is 0.152. The van der Waals surface area contributed by atoms with E-state index in [1.807, 2.05) is 66.7 Å². The second-order valence-corrected chi connectivity index (χ2v) is 15.5. The molecule has 48 heavy (non-hydrogen) atoms. The number of sulfonamides is 1. The van der Waals surface area contributed by atoms with E-state index in [1.54, 1.807) is 35.2 Å². The first-order valence-corrected chi connectivity index (χ1v) is 18.9. The Morgan fingerprint density at radius 3 is 2.06 bits per heavy atom. The van der Waals surface area contributed by atoms with Gasteiger partial charge in [-0.25, -0.2) is 8.42 Å². The van der Waals surface area contributed by atoms with E-state index in [1.165, 1.54) is 16.4 Å². The molecule has 0 aliphatic heterocycles. The SMILES string of the molecule is CC(C)c1ccc(N(CC(=O)N(Cc2cccc(Br)c2)C(Cc2ccccc2)C(=O)NC2CCCCC2)S(=O)(=O)c2ccccc2)cc1. The molecule has 0 radical (unpaired) electrons. The number of anilines is 1. The van der Waals surface area contributed by atoms with Crippen molar-refractivity contribution < 1.29 is 18.0 Å². The summed E-state index contributed by atoms with van der Waals surface area (Å²) in [5.74, 6) is -0.447. The molecule has 0 aromatic heterocycles. The zero-order valence-electron chi connectivity index (χ0n) is 27.6. The number of carbonyl (C=O) groups is 2. The molecular weight excluding hydrogens is 686 g/mol. The van der Waals surface area contributed by atoms with Crippen LogP contribution in [0.4, 0.5) is 5.69 Å². The number of nitrogens with zero attached hydrogens (tertiary/aromatic N) is 2. The molecular formula is C39H44BrN3O4S. The number of hydrogen-bond acceptors (Lipinski definition) is 4. The molecule has 1 saturated carbocycles. The molecule has 0 bridgehead atoms. The highest BCUT2D eigenvalue weighted by atomic mass is 79.9. The molecule has 4 aromatic rings. The first kappa shape index (κ1) is 35.4. The lowest BCUT2D eigenvalue weighted by atomic mass is 9.94. The van der Waals surface area contributed by atoms with Crippen molar-refractivity contribution in [1.82, 2.24) is 10.2 Å². The lowest BCUT2D eigenvalue weighted by molar-refractivity contribution is -0.140. The van der Waals surface area contributed by atoms with Gasteiger partial charge in [-0.15, -0.1) is 0 Å². The third kappa shape index (κ3) is 9.14. The van der Waals surface area contributed by atoms with Gasteiger partial charge in [-0.3, -0.25) is 13.9 Å². The van der Waals surface area contributed by atoms with Crippen LogP contribution < -0.4 is 9.62 Å². The zero-order chi connectivity index (χ0) is 34.1. The van der Waals surface area contributed by atoms with Crippen molar-refractivity contribution in [3.05, 3.63) is 130 Å². The molecule has 1 N–H and O–H groups in total. The lowest BCUT2D eigenvalue weighted by Crippen LogP contribution is -2.55. The van der Waals surface area contributed by atoms with Crippen LogP contribution in [0, 0.1) is 0 Å². The number of nitrogens with one attached hydrogen (secondary N) is 1. The normalized spacial score (nSPS) is 14.3. The summed E-state index contributed by atoms with van der Waals surface area (Å²) >= 11 is 3.54. The van der Waals surface area contributed by atoms with Crippen molar-refractivity contribution in [2.75, 3.05) is 10.8 Å². The Morgan fingerprint density at radius 2 is 1.44 bits per heavy atom. The minimum Gasteiger partial charge on any atom is -0.352 e. The minimum atomic E-state index is -4.15. The van der Waals surface area contributed by atoms with E-state index in [4.69, 9.17) is 0 Å². The molecule has 252 valence electrons. The molecule has 1 atom stereocenters. The molecule has 2 amide bonds. The van der Waals surface area contributed by atoms with E-state index < -0.39 is 28.5 Å². The predicted octanol–water partition coefficient (Wildman–Crippen LogP) is 7.86. The van der Waals surface area contributed by atoms with Gasteiger partial charge < -0.3 is 10.2 Å². The summed E-state index contributed by atoms with van der Waals surface area (Å²) in [5, 5.41) is 3.26. The van der Waals surface area contributed by atoms with E-state index in [-0.39, 0.29) is 35.7 Å². The number of rotatable bonds is 13. The fourth-order valence-electron chi connectivity index (χ4n) is 6.20. The molecule has 0 heterocycles. The summed E-state index contributed by atoms with van der Waals surface area (Å²) in [6.45, 7) is 3.79. The Hall–Kier alpha value is -3.95. The van der Waals surface area contributed by atoms with Gasteiger partial charge in [-0.05, 0) is 71.8 Å². The highest BCUT2D eigenvalue weighted by Gasteiger charge is 2.35. The Balaban J connectivity index is 1.56. The highest BCUT2D eigenvalue weighted by Crippen LogP contribution is 2.27. The maximum absolute atomic E-state index is 14.7. The van der Waals surface area contributed by atoms with Gasteiger partial charge in [0.05, 0.1) is 10.6 Å². The molecule has 0 spiro atoms. The van der Waals surface area contributed by atoms with Crippen molar-refractivity contribution in [3.8, 4) is 0 Å². The van der Waals surface area contributed by atoms with Gasteiger partial charge >= 0.3 is 0 Å². The number of halogens is 1. The minimum absolute atomic E-state index is 0.0433. The van der Waals surface area contributed by atoms with Gasteiger partial charge in [0.25, 0.3) is 10.0 Å². The summed E-state index contributed by atoms with van der Waals surface area (Å²) in [7, 11) is -4.15. The summed E-state index contributed by atoms with van der Waals surface area (Å²) in [5.41, 5.74) is 3.16. The molecule has 4 aromatic carbocycles. The van der Waals surface area contributed by atoms with Gasteiger partial charge in [0, 0.05) is 23.5 Å². The summed E-state index contributed by atoms with van der Waals surface area (Å²) in [4.78, 5) is 30.6. The first-order chi connectivity index (χ1) is 23.1. The highest BCUT2D eigenvalue weighted by molar-refractivity contribution is 9.10. The average molecular weight is 731 g/mol. The van der Waals surface area contributed by atoms with Crippen LogP contribution in [-0.2, 0) is 32.6 Å². The first-order valence-electron chi connectivity index (χ1n) is 16.7. The maximum Gasteiger partial charge on any atom is 0.264 e. The molecule has 9 heteroatoms. The Kier molecular flexibility index (Phi) is 12.1. The number of hydrogen-bond donors (Lipinski definition) is 1. The van der Waals surface area contributed by atoms with E-state index in [0.29, 0.717) is 5.69 Å². The Labute approximate surface area is 293 Å². The number of carbonyl (C=O) groups excluding carboxylic acids is 2. The third-order valence-corrected chi connectivity index (χ3v) is 11.2. The summed E-state index contributed by atoms with van der Waals surface area (Å²) in [6.07, 6.45) is 5.34. The number of benzene rings is 4. The van der Waals surface area contributed by atoms with Crippen LogP contribution in [0.3, 0.4) is 0 Å². The van der Waals surface area contributed by atoms with Gasteiger partial charge in [-0.1, -0.05) is 122 Å². The van der Waals surface area contributed by atoms with Crippen molar-refractivity contribution in [2.24, 2.45) is 0 Å². The van der Waals surface area contributed by atoms with E-state index in [0.717, 1.165) is 53.3 Å². The topological polar surface area (TPSA) is 86.8 Å². The maximum atomic E-state index is 14.7. The summed E-state index contributed by atoms with van der Waals surface area (Å²) < 4.78 is 30.5. The standard InChI is InChI=1S/C39H44BrN3O4S/c1-29(2)32-21-23-35(24-22-32)43(48(46,47)36-19-10-5-11-20-36)28-38(44)42(27-31-15-12-16-33(40)25-31)37(26-30-13-6-3-7-14-30)39(45)41-34-17-8-4-9-18-34/h3,5-7,10-16,19-25,29,34,37H,4,8-9,17-18,26-28H2,1-2H3,(H,41,45). The molecule has 0 saturated heterocycles. The van der Waals surface area contributed by atoms with E-state index >= 15 is 0 Å². The molecule has 1 fully saturated rings. The van der Waals surface area contributed by atoms with Gasteiger partial charge in [0.2, 0.25) is 11.8 Å². The van der Waals surface area contributed by atoms with Crippen molar-refractivity contribution in [1.29, 1.82) is 0 Å². The average Bonchev–Trinajstić information content (AvgIpc) is 3.10. The van der Waals surface area contributed by atoms with Crippen molar-refractivity contribution in [2.45, 2.75) is 81.8 Å². The molecule has 5 rings (SSSR count). The number of amides is 2. The second kappa shape index (κ2) is 16.4. The van der Waals surface area contributed by atoms with Crippen molar-refractivity contribution in [3.63, 3.8) is 0 Å². The lowest BCUT2D eigenvalue weighted by Gasteiger charge is -2.35. The second-order valence-electron chi connectivity index (χ2n) is 12.8. The van der Waals surface area contributed by atoms with E-state index in [9.17, 15) is 18.0 Å². The van der Waals surface area contributed by atoms with Gasteiger partial charge in [0.15, 0.2) is 0 Å². The van der Waals surface area contributed by atoms with Crippen LogP contribution >= 0.6 is 15.9 Å². The Bertz CT molecular complexity index is 1760. The van der Waals surface area contributed by atoms with Crippen molar-refractivity contribution >= 4 is 43.5 Å². The van der Waals surface area contributed by atoms with Gasteiger partial charge in [0.1, 0.15) is 12.6 Å². The van der Waals surface area contributed by atoms with Crippen LogP contribution in [0.2, 0.25) is 0 Å². The fraction of sp³-hybridized carbons (Fsp3) is 0.333. The van der Waals surface area contributed by atoms with Crippen LogP contribution in [0.25, 0.3) is 0 Å². The van der Waals surface area contributed by atoms with Gasteiger partial charge in [-0.2, -0.15) is 0 Å². The Morgan fingerprint density at radius 1 is 0.812 bits per heavy atom. The smallest absolute Gasteiger partial charge is 0.264 e. The summed E-state index contributed by atoms with van der Waals surface area (Å²) in [6, 6.07) is 31.9. The molecule has 1 aliphatic rings. The zero-order valence-corrected chi connectivity index (χ0v) is 30.0. The largest absolute Gasteiger partial charge is 0.352 e.